The molecule has 150 valence electrons. The second-order valence-corrected chi connectivity index (χ2v) is 8.75. The summed E-state index contributed by atoms with van der Waals surface area (Å²) in [4.78, 5) is 15.5. The van der Waals surface area contributed by atoms with Crippen LogP contribution >= 0.6 is 0 Å². The number of rotatable bonds is 2. The number of carbonyl (C=O) groups excluding carboxylic acids is 1. The van der Waals surface area contributed by atoms with Crippen LogP contribution in [0, 0.1) is 23.5 Å². The van der Waals surface area contributed by atoms with Gasteiger partial charge in [0.1, 0.15) is 17.0 Å². The second kappa shape index (κ2) is 6.05. The zero-order chi connectivity index (χ0) is 19.8. The lowest BCUT2D eigenvalue weighted by Gasteiger charge is -2.53. The summed E-state index contributed by atoms with van der Waals surface area (Å²) < 4.78 is 33.9. The minimum absolute atomic E-state index is 0.0562. The highest BCUT2D eigenvalue weighted by Crippen LogP contribution is 2.68. The van der Waals surface area contributed by atoms with E-state index in [1.165, 1.54) is 18.2 Å². The number of hydrogen-bond donors (Lipinski definition) is 0. The number of halogens is 2. The Kier molecular flexibility index (Phi) is 3.64. The largest absolute Gasteiger partial charge is 0.378 e. The third-order valence-corrected chi connectivity index (χ3v) is 7.31. The number of ether oxygens (including phenoxy) is 1. The van der Waals surface area contributed by atoms with Gasteiger partial charge in [-0.25, -0.2) is 8.78 Å². The molecule has 5 nitrogen and oxygen atoms in total. The molecule has 4 atom stereocenters. The SMILES string of the molecule is O=C(N1CCOCC1)C12CC3CC3CC1c1cc(-c3c(F)cccc3F)nnc12. The zero-order valence-corrected chi connectivity index (χ0v) is 15.9. The predicted molar refractivity (Wildman–Crippen MR) is 100 cm³/mol. The van der Waals surface area contributed by atoms with Gasteiger partial charge in [-0.2, -0.15) is 5.10 Å². The van der Waals surface area contributed by atoms with Crippen molar-refractivity contribution in [3.8, 4) is 11.3 Å². The van der Waals surface area contributed by atoms with Crippen molar-refractivity contribution in [3.05, 3.63) is 47.2 Å². The Morgan fingerprint density at radius 3 is 2.62 bits per heavy atom. The molecule has 2 heterocycles. The third-order valence-electron chi connectivity index (χ3n) is 7.31. The van der Waals surface area contributed by atoms with Crippen LogP contribution < -0.4 is 0 Å². The molecule has 4 aliphatic rings. The van der Waals surface area contributed by atoms with Gasteiger partial charge in [-0.05, 0) is 54.9 Å². The van der Waals surface area contributed by atoms with Crippen LogP contribution in [0.4, 0.5) is 8.78 Å². The first kappa shape index (κ1) is 17.4. The molecule has 1 aromatic heterocycles. The molecule has 1 aliphatic heterocycles. The normalized spacial score (nSPS) is 31.9. The smallest absolute Gasteiger partial charge is 0.235 e. The summed E-state index contributed by atoms with van der Waals surface area (Å²) in [6.45, 7) is 2.32. The quantitative estimate of drug-likeness (QED) is 0.782. The van der Waals surface area contributed by atoms with Gasteiger partial charge in [0, 0.05) is 19.0 Å². The van der Waals surface area contributed by atoms with E-state index < -0.39 is 17.0 Å². The van der Waals surface area contributed by atoms with Gasteiger partial charge >= 0.3 is 0 Å². The predicted octanol–water partition coefficient (Wildman–Crippen LogP) is 3.05. The van der Waals surface area contributed by atoms with E-state index in [0.29, 0.717) is 43.8 Å². The van der Waals surface area contributed by atoms with E-state index in [2.05, 4.69) is 10.2 Å². The molecule has 0 N–H and O–H groups in total. The molecule has 2 saturated carbocycles. The zero-order valence-electron chi connectivity index (χ0n) is 15.9. The van der Waals surface area contributed by atoms with Crippen molar-refractivity contribution >= 4 is 5.91 Å². The highest BCUT2D eigenvalue weighted by Gasteiger charge is 2.66. The molecule has 4 unspecified atom stereocenters. The molecule has 3 aliphatic carbocycles. The Labute approximate surface area is 167 Å². The summed E-state index contributed by atoms with van der Waals surface area (Å²) in [5.41, 5.74) is 1.07. The average molecular weight is 397 g/mol. The summed E-state index contributed by atoms with van der Waals surface area (Å²) >= 11 is 0. The minimum Gasteiger partial charge on any atom is -0.378 e. The van der Waals surface area contributed by atoms with Crippen LogP contribution in [0.25, 0.3) is 11.3 Å². The van der Waals surface area contributed by atoms with E-state index in [0.717, 1.165) is 24.8 Å². The molecular formula is C22H21F2N3O2. The van der Waals surface area contributed by atoms with E-state index in [4.69, 9.17) is 4.74 Å². The van der Waals surface area contributed by atoms with Gasteiger partial charge in [0.25, 0.3) is 0 Å². The standard InChI is InChI=1S/C22H21F2N3O2/c23-16-2-1-3-17(24)19(16)18-10-14-15-9-12-8-13(12)11-22(15,20(14)26-25-18)21(28)27-4-6-29-7-5-27/h1-3,10,12-13,15H,4-9,11H2. The van der Waals surface area contributed by atoms with E-state index in [9.17, 15) is 13.6 Å². The lowest BCUT2D eigenvalue weighted by molar-refractivity contribution is -0.146. The van der Waals surface area contributed by atoms with E-state index in [1.807, 2.05) is 4.90 Å². The average Bonchev–Trinajstić information content (AvgIpc) is 3.50. The molecule has 0 bridgehead atoms. The first-order valence-corrected chi connectivity index (χ1v) is 10.3. The van der Waals surface area contributed by atoms with Crippen molar-refractivity contribution in [3.63, 3.8) is 0 Å². The number of nitrogens with zero attached hydrogens (tertiary/aromatic N) is 3. The minimum atomic E-state index is -0.653. The molecule has 3 fully saturated rings. The molecule has 7 heteroatoms. The molecular weight excluding hydrogens is 376 g/mol. The van der Waals surface area contributed by atoms with Crippen molar-refractivity contribution in [2.24, 2.45) is 11.8 Å². The van der Waals surface area contributed by atoms with Gasteiger partial charge in [-0.3, -0.25) is 4.79 Å². The number of aromatic nitrogens is 2. The van der Waals surface area contributed by atoms with Crippen molar-refractivity contribution in [1.82, 2.24) is 15.1 Å². The maximum absolute atomic E-state index is 14.3. The highest BCUT2D eigenvalue weighted by molar-refractivity contribution is 5.93. The van der Waals surface area contributed by atoms with Crippen LogP contribution in [0.5, 0.6) is 0 Å². The summed E-state index contributed by atoms with van der Waals surface area (Å²) in [6.07, 6.45) is 2.91. The monoisotopic (exact) mass is 397 g/mol. The number of carbonyl (C=O) groups is 1. The van der Waals surface area contributed by atoms with Gasteiger partial charge in [-0.15, -0.1) is 5.10 Å². The number of hydrogen-bond acceptors (Lipinski definition) is 4. The second-order valence-electron chi connectivity index (χ2n) is 8.75. The fraction of sp³-hybridized carbons (Fsp3) is 0.500. The fourth-order valence-electron chi connectivity index (χ4n) is 5.75. The Morgan fingerprint density at radius 1 is 1.10 bits per heavy atom. The van der Waals surface area contributed by atoms with Crippen LogP contribution in [-0.2, 0) is 14.9 Å². The van der Waals surface area contributed by atoms with Crippen molar-refractivity contribution < 1.29 is 18.3 Å². The summed E-state index contributed by atoms with van der Waals surface area (Å²) in [5.74, 6) is 0.110. The first-order valence-electron chi connectivity index (χ1n) is 10.3. The lowest BCUT2D eigenvalue weighted by atomic mass is 9.52. The number of fused-ring (bicyclic) bond motifs is 5. The Bertz CT molecular complexity index is 1000. The van der Waals surface area contributed by atoms with Crippen molar-refractivity contribution in [1.29, 1.82) is 0 Å². The topological polar surface area (TPSA) is 55.3 Å². The van der Waals surface area contributed by atoms with Crippen LogP contribution in [-0.4, -0.2) is 47.3 Å². The maximum atomic E-state index is 14.3. The molecule has 0 spiro atoms. The molecule has 1 amide bonds. The number of benzene rings is 1. The van der Waals surface area contributed by atoms with E-state index in [-0.39, 0.29) is 23.1 Å². The summed E-state index contributed by atoms with van der Waals surface area (Å²) in [7, 11) is 0. The van der Waals surface area contributed by atoms with Crippen molar-refractivity contribution in [2.45, 2.75) is 30.6 Å². The fourth-order valence-corrected chi connectivity index (χ4v) is 5.75. The van der Waals surface area contributed by atoms with Crippen molar-refractivity contribution in [2.75, 3.05) is 26.3 Å². The molecule has 1 saturated heterocycles. The Hall–Kier alpha value is -2.41. The van der Waals surface area contributed by atoms with Gasteiger partial charge in [0.2, 0.25) is 5.91 Å². The van der Waals surface area contributed by atoms with E-state index in [1.54, 1.807) is 6.07 Å². The summed E-state index contributed by atoms with van der Waals surface area (Å²) in [5, 5.41) is 8.55. The maximum Gasteiger partial charge on any atom is 0.235 e. The molecule has 6 rings (SSSR count). The molecule has 0 radical (unpaired) electrons. The van der Waals surface area contributed by atoms with Crippen LogP contribution in [0.2, 0.25) is 0 Å². The Balaban J connectivity index is 1.43. The van der Waals surface area contributed by atoms with Gasteiger partial charge in [-0.1, -0.05) is 6.07 Å². The van der Waals surface area contributed by atoms with Crippen LogP contribution in [0.1, 0.15) is 36.4 Å². The summed E-state index contributed by atoms with van der Waals surface area (Å²) in [6, 6.07) is 5.54. The highest BCUT2D eigenvalue weighted by atomic mass is 19.1. The van der Waals surface area contributed by atoms with Gasteiger partial charge < -0.3 is 9.64 Å². The Morgan fingerprint density at radius 2 is 1.86 bits per heavy atom. The third kappa shape index (κ3) is 2.37. The number of amides is 1. The van der Waals surface area contributed by atoms with Gasteiger partial charge in [0.15, 0.2) is 0 Å². The number of morpholine rings is 1. The first-order chi connectivity index (χ1) is 14.1. The van der Waals surface area contributed by atoms with Gasteiger partial charge in [0.05, 0.1) is 30.2 Å². The lowest BCUT2D eigenvalue weighted by Crippen LogP contribution is -2.60. The van der Waals surface area contributed by atoms with E-state index >= 15 is 0 Å². The molecule has 1 aromatic carbocycles. The van der Waals surface area contributed by atoms with Crippen LogP contribution in [0.15, 0.2) is 24.3 Å². The molecule has 29 heavy (non-hydrogen) atoms. The van der Waals surface area contributed by atoms with Crippen LogP contribution in [0.3, 0.4) is 0 Å². The molecule has 2 aromatic rings.